The van der Waals surface area contributed by atoms with Gasteiger partial charge in [0.25, 0.3) is 0 Å². The maximum absolute atomic E-state index is 6.17. The summed E-state index contributed by atoms with van der Waals surface area (Å²) < 4.78 is 0.913. The van der Waals surface area contributed by atoms with Gasteiger partial charge in [0.2, 0.25) is 0 Å². The summed E-state index contributed by atoms with van der Waals surface area (Å²) in [4.78, 5) is 8.81. The van der Waals surface area contributed by atoms with Crippen LogP contribution < -0.4 is 16.6 Å². The van der Waals surface area contributed by atoms with Gasteiger partial charge in [-0.25, -0.2) is 15.8 Å². The highest BCUT2D eigenvalue weighted by Crippen LogP contribution is 2.31. The Morgan fingerprint density at radius 3 is 2.48 bits per heavy atom. The van der Waals surface area contributed by atoms with Gasteiger partial charge in [0, 0.05) is 21.5 Å². The fraction of sp³-hybridized carbons (Fsp3) is 0.286. The third kappa shape index (κ3) is 3.84. The number of benzene rings is 1. The van der Waals surface area contributed by atoms with Crippen LogP contribution in [0.3, 0.4) is 0 Å². The minimum atomic E-state index is 0.198. The Labute approximate surface area is 137 Å². The van der Waals surface area contributed by atoms with Gasteiger partial charge in [-0.1, -0.05) is 25.4 Å². The molecular weight excluding hydrogens is 354 g/mol. The van der Waals surface area contributed by atoms with Crippen molar-refractivity contribution in [3.05, 3.63) is 39.1 Å². The van der Waals surface area contributed by atoms with Crippen molar-refractivity contribution < 1.29 is 0 Å². The first-order valence-corrected chi connectivity index (χ1v) is 7.66. The molecule has 0 radical (unpaired) electrons. The van der Waals surface area contributed by atoms with Crippen molar-refractivity contribution in [3.8, 4) is 0 Å². The molecule has 0 unspecified atom stereocenters. The summed E-state index contributed by atoms with van der Waals surface area (Å²) in [7, 11) is 0. The van der Waals surface area contributed by atoms with Gasteiger partial charge in [0.1, 0.15) is 17.5 Å². The number of nitrogen functional groups attached to an aromatic ring is 1. The van der Waals surface area contributed by atoms with Crippen LogP contribution in [-0.2, 0) is 0 Å². The van der Waals surface area contributed by atoms with Crippen molar-refractivity contribution >= 4 is 44.9 Å². The maximum atomic E-state index is 6.17. The third-order valence-corrected chi connectivity index (χ3v) is 3.98. The largest absolute Gasteiger partial charge is 0.339 e. The van der Waals surface area contributed by atoms with Crippen LogP contribution in [-0.4, -0.2) is 9.97 Å². The molecule has 1 heterocycles. The van der Waals surface area contributed by atoms with Gasteiger partial charge in [0.05, 0.1) is 5.69 Å². The Hall–Kier alpha value is -1.37. The van der Waals surface area contributed by atoms with E-state index in [1.165, 1.54) is 0 Å². The number of halogens is 2. The van der Waals surface area contributed by atoms with Crippen LogP contribution in [0.1, 0.15) is 31.2 Å². The lowest BCUT2D eigenvalue weighted by molar-refractivity contribution is 0.777. The minimum Gasteiger partial charge on any atom is -0.339 e. The summed E-state index contributed by atoms with van der Waals surface area (Å²) in [6.07, 6.45) is 0. The molecule has 1 aromatic carbocycles. The molecule has 5 nitrogen and oxygen atoms in total. The number of aromatic nitrogens is 2. The normalized spacial score (nSPS) is 10.8. The van der Waals surface area contributed by atoms with Crippen LogP contribution in [0.25, 0.3) is 0 Å². The first-order valence-electron chi connectivity index (χ1n) is 6.49. The SMILES string of the molecule is Cc1cc(Br)c(Nc2cc(NN)nc(C(C)C)n2)cc1Cl. The van der Waals surface area contributed by atoms with Crippen LogP contribution in [0.5, 0.6) is 0 Å². The first kappa shape index (κ1) is 16.0. The van der Waals surface area contributed by atoms with Crippen LogP contribution in [0, 0.1) is 6.92 Å². The first-order chi connectivity index (χ1) is 9.90. The highest BCUT2D eigenvalue weighted by molar-refractivity contribution is 9.10. The van der Waals surface area contributed by atoms with Crippen molar-refractivity contribution in [2.45, 2.75) is 26.7 Å². The van der Waals surface area contributed by atoms with Gasteiger partial charge in [-0.3, -0.25) is 0 Å². The lowest BCUT2D eigenvalue weighted by Crippen LogP contribution is -2.12. The summed E-state index contributed by atoms with van der Waals surface area (Å²) in [5, 5.41) is 3.92. The lowest BCUT2D eigenvalue weighted by atomic mass is 10.2. The zero-order valence-electron chi connectivity index (χ0n) is 12.0. The third-order valence-electron chi connectivity index (χ3n) is 2.92. The molecule has 0 amide bonds. The number of hydrazine groups is 1. The van der Waals surface area contributed by atoms with E-state index in [4.69, 9.17) is 17.4 Å². The number of nitrogens with one attached hydrogen (secondary N) is 2. The molecule has 21 heavy (non-hydrogen) atoms. The molecule has 0 atom stereocenters. The Bertz CT molecular complexity index is 660. The summed E-state index contributed by atoms with van der Waals surface area (Å²) in [6, 6.07) is 5.55. The van der Waals surface area contributed by atoms with Crippen LogP contribution >= 0.6 is 27.5 Å². The van der Waals surface area contributed by atoms with E-state index in [9.17, 15) is 0 Å². The smallest absolute Gasteiger partial charge is 0.145 e. The standard InChI is InChI=1S/C14H17BrClN5/c1-7(2)14-19-12(6-13(20-14)21-17)18-11-5-10(16)8(3)4-9(11)15/h4-7H,17H2,1-3H3,(H2,18,19,20,21). The number of aryl methyl sites for hydroxylation is 1. The van der Waals surface area contributed by atoms with Crippen molar-refractivity contribution in [2.24, 2.45) is 5.84 Å². The van der Waals surface area contributed by atoms with Crippen molar-refractivity contribution in [3.63, 3.8) is 0 Å². The minimum absolute atomic E-state index is 0.198. The summed E-state index contributed by atoms with van der Waals surface area (Å²) in [6.45, 7) is 6.00. The number of nitrogens with zero attached hydrogens (tertiary/aromatic N) is 2. The van der Waals surface area contributed by atoms with Crippen LogP contribution in [0.15, 0.2) is 22.7 Å². The van der Waals surface area contributed by atoms with Gasteiger partial charge in [0.15, 0.2) is 0 Å². The molecule has 7 heteroatoms. The predicted molar refractivity (Wildman–Crippen MR) is 91.1 cm³/mol. The van der Waals surface area contributed by atoms with E-state index >= 15 is 0 Å². The Kier molecular flexibility index (Phi) is 5.03. The highest BCUT2D eigenvalue weighted by atomic mass is 79.9. The van der Waals surface area contributed by atoms with Gasteiger partial charge in [-0.2, -0.15) is 0 Å². The maximum Gasteiger partial charge on any atom is 0.145 e. The highest BCUT2D eigenvalue weighted by Gasteiger charge is 2.10. The van der Waals surface area contributed by atoms with E-state index in [1.807, 2.05) is 32.9 Å². The van der Waals surface area contributed by atoms with Gasteiger partial charge < -0.3 is 10.7 Å². The average Bonchev–Trinajstić information content (AvgIpc) is 2.44. The van der Waals surface area contributed by atoms with E-state index in [0.717, 1.165) is 15.7 Å². The topological polar surface area (TPSA) is 75.9 Å². The molecule has 4 N–H and O–H groups in total. The van der Waals surface area contributed by atoms with Crippen molar-refractivity contribution in [1.82, 2.24) is 9.97 Å². The molecule has 0 aliphatic heterocycles. The molecule has 2 aromatic rings. The number of rotatable bonds is 4. The molecule has 0 fully saturated rings. The van der Waals surface area contributed by atoms with Gasteiger partial charge >= 0.3 is 0 Å². The zero-order valence-corrected chi connectivity index (χ0v) is 14.4. The lowest BCUT2D eigenvalue weighted by Gasteiger charge is -2.13. The summed E-state index contributed by atoms with van der Waals surface area (Å²) in [5.74, 6) is 7.58. The predicted octanol–water partition coefficient (Wildman–Crippen LogP) is 4.35. The molecule has 0 aliphatic carbocycles. The fourth-order valence-electron chi connectivity index (χ4n) is 1.74. The summed E-state index contributed by atoms with van der Waals surface area (Å²) >= 11 is 9.68. The Morgan fingerprint density at radius 2 is 1.86 bits per heavy atom. The van der Waals surface area contributed by atoms with E-state index < -0.39 is 0 Å². The molecule has 0 saturated heterocycles. The fourth-order valence-corrected chi connectivity index (χ4v) is 2.46. The van der Waals surface area contributed by atoms with Gasteiger partial charge in [-0.15, -0.1) is 0 Å². The Balaban J connectivity index is 2.39. The quantitative estimate of drug-likeness (QED) is 0.551. The Morgan fingerprint density at radius 1 is 1.19 bits per heavy atom. The molecule has 2 rings (SSSR count). The molecular formula is C14H17BrClN5. The van der Waals surface area contributed by atoms with E-state index in [0.29, 0.717) is 22.5 Å². The average molecular weight is 371 g/mol. The molecule has 0 saturated carbocycles. The van der Waals surface area contributed by atoms with Crippen molar-refractivity contribution in [1.29, 1.82) is 0 Å². The van der Waals surface area contributed by atoms with Crippen molar-refractivity contribution in [2.75, 3.05) is 10.7 Å². The van der Waals surface area contributed by atoms with Gasteiger partial charge in [-0.05, 0) is 40.5 Å². The zero-order chi connectivity index (χ0) is 15.6. The number of anilines is 3. The van der Waals surface area contributed by atoms with Crippen LogP contribution in [0.4, 0.5) is 17.3 Å². The molecule has 112 valence electrons. The molecule has 0 bridgehead atoms. The summed E-state index contributed by atoms with van der Waals surface area (Å²) in [5.41, 5.74) is 4.39. The molecule has 0 spiro atoms. The number of hydrogen-bond acceptors (Lipinski definition) is 5. The number of nitrogens with two attached hydrogens (primary N) is 1. The number of hydrogen-bond donors (Lipinski definition) is 3. The second-order valence-corrected chi connectivity index (χ2v) is 6.26. The second-order valence-electron chi connectivity index (χ2n) is 5.00. The monoisotopic (exact) mass is 369 g/mol. The van der Waals surface area contributed by atoms with E-state index in [1.54, 1.807) is 6.07 Å². The second kappa shape index (κ2) is 6.60. The van der Waals surface area contributed by atoms with E-state index in [2.05, 4.69) is 36.6 Å². The molecule has 0 aliphatic rings. The van der Waals surface area contributed by atoms with E-state index in [-0.39, 0.29) is 5.92 Å². The molecule has 1 aromatic heterocycles. The van der Waals surface area contributed by atoms with Crippen LogP contribution in [0.2, 0.25) is 5.02 Å².